The summed E-state index contributed by atoms with van der Waals surface area (Å²) < 4.78 is 7.92. The van der Waals surface area contributed by atoms with E-state index in [0.29, 0.717) is 0 Å². The van der Waals surface area contributed by atoms with Crippen LogP contribution in [-0.4, -0.2) is 26.1 Å². The van der Waals surface area contributed by atoms with Gasteiger partial charge in [0.15, 0.2) is 5.82 Å². The van der Waals surface area contributed by atoms with Crippen molar-refractivity contribution in [1.82, 2.24) is 19.6 Å². The van der Waals surface area contributed by atoms with E-state index >= 15 is 0 Å². The summed E-state index contributed by atoms with van der Waals surface area (Å²) in [6.45, 7) is 3.08. The van der Waals surface area contributed by atoms with E-state index in [9.17, 15) is 0 Å². The van der Waals surface area contributed by atoms with Crippen LogP contribution in [-0.2, 0) is 6.42 Å². The van der Waals surface area contributed by atoms with Crippen LogP contribution >= 0.6 is 0 Å². The molecule has 0 bridgehead atoms. The van der Waals surface area contributed by atoms with Gasteiger partial charge in [-0.1, -0.05) is 6.92 Å². The van der Waals surface area contributed by atoms with Crippen molar-refractivity contribution in [2.75, 3.05) is 11.4 Å². The van der Waals surface area contributed by atoms with Crippen molar-refractivity contribution < 1.29 is 4.42 Å². The number of aromatic nitrogens is 4. The maximum absolute atomic E-state index is 6.01. The molecule has 6 heteroatoms. The van der Waals surface area contributed by atoms with Gasteiger partial charge in [0, 0.05) is 25.4 Å². The predicted molar refractivity (Wildman–Crippen MR) is 82.8 cm³/mol. The van der Waals surface area contributed by atoms with Gasteiger partial charge >= 0.3 is 0 Å². The molecular formula is C16H19N5O. The highest BCUT2D eigenvalue weighted by Gasteiger charge is 2.29. The third-order valence-corrected chi connectivity index (χ3v) is 4.33. The molecule has 4 heterocycles. The highest BCUT2D eigenvalue weighted by molar-refractivity contribution is 5.64. The highest BCUT2D eigenvalue weighted by Crippen LogP contribution is 2.36. The molecule has 3 aromatic rings. The van der Waals surface area contributed by atoms with Gasteiger partial charge in [-0.05, 0) is 31.4 Å². The zero-order chi connectivity index (χ0) is 14.9. The first kappa shape index (κ1) is 13.3. The Hall–Kier alpha value is -2.37. The lowest BCUT2D eigenvalue weighted by Crippen LogP contribution is -2.34. The van der Waals surface area contributed by atoms with Gasteiger partial charge in [0.1, 0.15) is 17.8 Å². The van der Waals surface area contributed by atoms with Gasteiger partial charge in [-0.15, -0.1) is 10.2 Å². The van der Waals surface area contributed by atoms with E-state index in [0.717, 1.165) is 48.8 Å². The number of anilines is 1. The molecule has 6 nitrogen and oxygen atoms in total. The molecule has 4 rings (SSSR count). The van der Waals surface area contributed by atoms with Crippen molar-refractivity contribution in [3.8, 4) is 0 Å². The second-order valence-corrected chi connectivity index (χ2v) is 5.68. The van der Waals surface area contributed by atoms with Crippen LogP contribution in [0.3, 0.4) is 0 Å². The fraction of sp³-hybridized carbons (Fsp3) is 0.438. The van der Waals surface area contributed by atoms with Crippen LogP contribution in [0.2, 0.25) is 0 Å². The Morgan fingerprint density at radius 3 is 3.14 bits per heavy atom. The number of hydrogen-bond acceptors (Lipinski definition) is 5. The lowest BCUT2D eigenvalue weighted by molar-refractivity contribution is 0.376. The first-order chi connectivity index (χ1) is 10.9. The molecule has 0 aliphatic carbocycles. The van der Waals surface area contributed by atoms with E-state index in [1.807, 2.05) is 10.6 Å². The first-order valence-electron chi connectivity index (χ1n) is 7.86. The lowest BCUT2D eigenvalue weighted by Gasteiger charge is -2.35. The Balaban J connectivity index is 1.75. The molecule has 0 spiro atoms. The molecule has 0 unspecified atom stereocenters. The Kier molecular flexibility index (Phi) is 3.29. The molecule has 1 saturated heterocycles. The fourth-order valence-electron chi connectivity index (χ4n) is 3.19. The predicted octanol–water partition coefficient (Wildman–Crippen LogP) is 3.01. The van der Waals surface area contributed by atoms with Crippen LogP contribution < -0.4 is 4.90 Å². The van der Waals surface area contributed by atoms with E-state index in [1.54, 1.807) is 12.5 Å². The topological polar surface area (TPSA) is 59.5 Å². The number of hydrogen-bond donors (Lipinski definition) is 0. The molecule has 1 fully saturated rings. The number of fused-ring (bicyclic) bond motifs is 1. The SMILES string of the molecule is CCc1ccc([C@@H]2CCCCN2c2nccn3cnnc23)o1. The normalized spacial score (nSPS) is 19.0. The molecule has 0 saturated carbocycles. The van der Waals surface area contributed by atoms with Gasteiger partial charge in [-0.25, -0.2) is 4.98 Å². The molecular weight excluding hydrogens is 278 g/mol. The van der Waals surface area contributed by atoms with Crippen LogP contribution in [0.25, 0.3) is 5.65 Å². The van der Waals surface area contributed by atoms with Crippen LogP contribution in [0, 0.1) is 0 Å². The summed E-state index contributed by atoms with van der Waals surface area (Å²) in [5.41, 5.74) is 0.802. The zero-order valence-corrected chi connectivity index (χ0v) is 12.6. The molecule has 1 aliphatic heterocycles. The number of piperidine rings is 1. The number of aryl methyl sites for hydroxylation is 1. The summed E-state index contributed by atoms with van der Waals surface area (Å²) in [5, 5.41) is 8.22. The summed E-state index contributed by atoms with van der Waals surface area (Å²) in [6.07, 6.45) is 9.75. The molecule has 1 atom stereocenters. The summed E-state index contributed by atoms with van der Waals surface area (Å²) in [6, 6.07) is 4.41. The quantitative estimate of drug-likeness (QED) is 0.743. The Morgan fingerprint density at radius 1 is 1.32 bits per heavy atom. The third kappa shape index (κ3) is 2.15. The second-order valence-electron chi connectivity index (χ2n) is 5.68. The minimum absolute atomic E-state index is 0.226. The lowest BCUT2D eigenvalue weighted by atomic mass is 10.00. The van der Waals surface area contributed by atoms with Gasteiger partial charge in [0.25, 0.3) is 0 Å². The van der Waals surface area contributed by atoms with Gasteiger partial charge in [0.05, 0.1) is 6.04 Å². The minimum Gasteiger partial charge on any atom is -0.464 e. The average Bonchev–Trinajstić information content (AvgIpc) is 3.23. The number of furan rings is 1. The first-order valence-corrected chi connectivity index (χ1v) is 7.86. The Morgan fingerprint density at radius 2 is 2.27 bits per heavy atom. The smallest absolute Gasteiger partial charge is 0.203 e. The molecule has 22 heavy (non-hydrogen) atoms. The van der Waals surface area contributed by atoms with Gasteiger partial charge in [-0.2, -0.15) is 0 Å². The molecule has 114 valence electrons. The summed E-state index contributed by atoms with van der Waals surface area (Å²) in [7, 11) is 0. The van der Waals surface area contributed by atoms with Crippen molar-refractivity contribution in [3.05, 3.63) is 42.4 Å². The summed E-state index contributed by atoms with van der Waals surface area (Å²) in [4.78, 5) is 6.88. The van der Waals surface area contributed by atoms with Crippen molar-refractivity contribution in [2.24, 2.45) is 0 Å². The molecule has 0 radical (unpaired) electrons. The standard InChI is InChI=1S/C16H19N5O/c1-2-12-6-7-14(22-12)13-5-3-4-9-21(13)15-16-19-18-11-20(16)10-8-17-15/h6-8,10-11,13H,2-5,9H2,1H3/t13-/m0/s1. The zero-order valence-electron chi connectivity index (χ0n) is 12.6. The van der Waals surface area contributed by atoms with Crippen LogP contribution in [0.1, 0.15) is 43.7 Å². The average molecular weight is 297 g/mol. The van der Waals surface area contributed by atoms with E-state index in [2.05, 4.69) is 39.1 Å². The fourth-order valence-corrected chi connectivity index (χ4v) is 3.19. The highest BCUT2D eigenvalue weighted by atomic mass is 16.3. The number of nitrogens with zero attached hydrogens (tertiary/aromatic N) is 5. The van der Waals surface area contributed by atoms with Crippen molar-refractivity contribution in [3.63, 3.8) is 0 Å². The monoisotopic (exact) mass is 297 g/mol. The molecule has 0 N–H and O–H groups in total. The second kappa shape index (κ2) is 5.44. The molecule has 1 aliphatic rings. The maximum atomic E-state index is 6.01. The molecule has 3 aromatic heterocycles. The summed E-state index contributed by atoms with van der Waals surface area (Å²) in [5.74, 6) is 2.95. The van der Waals surface area contributed by atoms with E-state index in [4.69, 9.17) is 4.42 Å². The minimum atomic E-state index is 0.226. The maximum Gasteiger partial charge on any atom is 0.203 e. The van der Waals surface area contributed by atoms with Crippen molar-refractivity contribution in [2.45, 2.75) is 38.6 Å². The number of rotatable bonds is 3. The molecule has 0 aromatic carbocycles. The van der Waals surface area contributed by atoms with E-state index in [-0.39, 0.29) is 6.04 Å². The third-order valence-electron chi connectivity index (χ3n) is 4.33. The van der Waals surface area contributed by atoms with Gasteiger partial charge in [0.2, 0.25) is 5.65 Å². The van der Waals surface area contributed by atoms with Gasteiger partial charge in [-0.3, -0.25) is 4.40 Å². The van der Waals surface area contributed by atoms with Crippen LogP contribution in [0.4, 0.5) is 5.82 Å². The Bertz CT molecular complexity index is 778. The largest absolute Gasteiger partial charge is 0.464 e. The van der Waals surface area contributed by atoms with E-state index in [1.165, 1.54) is 6.42 Å². The van der Waals surface area contributed by atoms with Crippen molar-refractivity contribution >= 4 is 11.5 Å². The van der Waals surface area contributed by atoms with Crippen LogP contribution in [0.15, 0.2) is 35.3 Å². The van der Waals surface area contributed by atoms with Crippen molar-refractivity contribution in [1.29, 1.82) is 0 Å². The van der Waals surface area contributed by atoms with E-state index < -0.39 is 0 Å². The van der Waals surface area contributed by atoms with Gasteiger partial charge < -0.3 is 9.32 Å². The summed E-state index contributed by atoms with van der Waals surface area (Å²) >= 11 is 0. The molecule has 0 amide bonds. The van der Waals surface area contributed by atoms with Crippen LogP contribution in [0.5, 0.6) is 0 Å². The Labute approximate surface area is 128 Å².